The minimum absolute atomic E-state index is 0.0904. The van der Waals surface area contributed by atoms with Gasteiger partial charge in [-0.3, -0.25) is 0 Å². The molecule has 0 saturated heterocycles. The van der Waals surface area contributed by atoms with Crippen LogP contribution in [0.3, 0.4) is 0 Å². The second kappa shape index (κ2) is 5.42. The van der Waals surface area contributed by atoms with Gasteiger partial charge < -0.3 is 5.32 Å². The molecular weight excluding hydrogens is 359 g/mol. The second-order valence-corrected chi connectivity index (χ2v) is 4.76. The smallest absolute Gasteiger partial charge is 0.337 e. The number of alkyl halides is 7. The van der Waals surface area contributed by atoms with Crippen molar-refractivity contribution in [3.05, 3.63) is 28.2 Å². The molecule has 1 aromatic rings. The van der Waals surface area contributed by atoms with E-state index in [-0.39, 0.29) is 16.5 Å². The SMILES string of the molecule is CCc1cccc(Br)c1NC(F)(C(F)(F)F)C(F)(F)F. The van der Waals surface area contributed by atoms with Gasteiger partial charge in [0.15, 0.2) is 0 Å². The Morgan fingerprint density at radius 3 is 1.90 bits per heavy atom. The van der Waals surface area contributed by atoms with Crippen LogP contribution in [0.25, 0.3) is 0 Å². The molecule has 0 unspecified atom stereocenters. The number of para-hydroxylation sites is 1. The van der Waals surface area contributed by atoms with Gasteiger partial charge in [0.1, 0.15) is 0 Å². The van der Waals surface area contributed by atoms with E-state index in [1.807, 2.05) is 0 Å². The van der Waals surface area contributed by atoms with Gasteiger partial charge >= 0.3 is 18.1 Å². The summed E-state index contributed by atoms with van der Waals surface area (Å²) < 4.78 is 88.4. The summed E-state index contributed by atoms with van der Waals surface area (Å²) in [5.74, 6) is -5.52. The highest BCUT2D eigenvalue weighted by atomic mass is 79.9. The van der Waals surface area contributed by atoms with Crippen molar-refractivity contribution in [2.45, 2.75) is 31.5 Å². The van der Waals surface area contributed by atoms with Crippen LogP contribution in [0.1, 0.15) is 12.5 Å². The topological polar surface area (TPSA) is 12.0 Å². The third-order valence-electron chi connectivity index (χ3n) is 2.56. The molecule has 0 spiro atoms. The molecule has 0 saturated carbocycles. The molecule has 0 aromatic heterocycles. The number of halogens is 8. The molecule has 0 aliphatic carbocycles. The fraction of sp³-hybridized carbons (Fsp3) is 0.455. The molecule has 0 aliphatic rings. The monoisotopic (exact) mass is 367 g/mol. The summed E-state index contributed by atoms with van der Waals surface area (Å²) in [5, 5.41) is 0.960. The number of hydrogen-bond acceptors (Lipinski definition) is 1. The van der Waals surface area contributed by atoms with Crippen molar-refractivity contribution in [2.75, 3.05) is 5.32 Å². The molecule has 1 N–H and O–H groups in total. The van der Waals surface area contributed by atoms with Crippen LogP contribution in [-0.2, 0) is 6.42 Å². The zero-order valence-electron chi connectivity index (χ0n) is 9.96. The van der Waals surface area contributed by atoms with E-state index >= 15 is 0 Å². The van der Waals surface area contributed by atoms with Crippen LogP contribution in [0.2, 0.25) is 0 Å². The van der Waals surface area contributed by atoms with Gasteiger partial charge in [0.25, 0.3) is 0 Å². The zero-order valence-corrected chi connectivity index (χ0v) is 11.5. The van der Waals surface area contributed by atoms with Crippen molar-refractivity contribution < 1.29 is 30.7 Å². The maximum absolute atomic E-state index is 13.6. The Morgan fingerprint density at radius 1 is 1.00 bits per heavy atom. The van der Waals surface area contributed by atoms with Crippen LogP contribution in [0.4, 0.5) is 36.4 Å². The summed E-state index contributed by atoms with van der Waals surface area (Å²) in [6, 6.07) is 3.95. The largest absolute Gasteiger partial charge is 0.451 e. The lowest BCUT2D eigenvalue weighted by Crippen LogP contribution is -2.59. The first-order chi connectivity index (χ1) is 8.94. The summed E-state index contributed by atoms with van der Waals surface area (Å²) in [6.07, 6.45) is -12.2. The number of benzene rings is 1. The number of hydrogen-bond donors (Lipinski definition) is 1. The maximum Gasteiger partial charge on any atom is 0.451 e. The molecule has 0 heterocycles. The van der Waals surface area contributed by atoms with Gasteiger partial charge in [0, 0.05) is 4.47 Å². The van der Waals surface area contributed by atoms with Crippen molar-refractivity contribution in [3.8, 4) is 0 Å². The molecule has 0 amide bonds. The molecule has 9 heteroatoms. The Labute approximate surface area is 118 Å². The van der Waals surface area contributed by atoms with E-state index in [4.69, 9.17) is 0 Å². The Balaban J connectivity index is 3.36. The van der Waals surface area contributed by atoms with Crippen LogP contribution >= 0.6 is 15.9 Å². The Morgan fingerprint density at radius 2 is 1.50 bits per heavy atom. The fourth-order valence-corrected chi connectivity index (χ4v) is 1.98. The lowest BCUT2D eigenvalue weighted by molar-refractivity contribution is -0.330. The average Bonchev–Trinajstić information content (AvgIpc) is 2.28. The zero-order chi connectivity index (χ0) is 15.8. The van der Waals surface area contributed by atoms with Gasteiger partial charge in [-0.25, -0.2) is 0 Å². The van der Waals surface area contributed by atoms with E-state index in [1.165, 1.54) is 25.1 Å². The lowest BCUT2D eigenvalue weighted by Gasteiger charge is -2.32. The minimum Gasteiger partial charge on any atom is -0.337 e. The van der Waals surface area contributed by atoms with Crippen LogP contribution in [0.15, 0.2) is 22.7 Å². The Kier molecular flexibility index (Phi) is 4.62. The van der Waals surface area contributed by atoms with E-state index in [9.17, 15) is 30.7 Å². The van der Waals surface area contributed by atoms with Gasteiger partial charge in [-0.15, -0.1) is 0 Å². The molecule has 0 radical (unpaired) electrons. The van der Waals surface area contributed by atoms with Crippen molar-refractivity contribution in [2.24, 2.45) is 0 Å². The number of nitrogens with one attached hydrogen (secondary N) is 1. The van der Waals surface area contributed by atoms with E-state index in [2.05, 4.69) is 15.9 Å². The molecule has 1 nitrogen and oxygen atoms in total. The van der Waals surface area contributed by atoms with Gasteiger partial charge in [0.2, 0.25) is 0 Å². The van der Waals surface area contributed by atoms with Crippen molar-refractivity contribution in [3.63, 3.8) is 0 Å². The third kappa shape index (κ3) is 3.02. The standard InChI is InChI=1S/C11H9BrF7N/c1-2-6-4-3-5-7(12)8(6)20-9(13,10(14,15)16)11(17,18)19/h3-5,20H,2H2,1H3. The van der Waals surface area contributed by atoms with Crippen LogP contribution in [0, 0.1) is 0 Å². The molecule has 1 rings (SSSR count). The van der Waals surface area contributed by atoms with Crippen molar-refractivity contribution >= 4 is 21.6 Å². The summed E-state index contributed by atoms with van der Waals surface area (Å²) >= 11 is 2.81. The molecule has 114 valence electrons. The van der Waals surface area contributed by atoms with E-state index in [0.717, 1.165) is 5.32 Å². The van der Waals surface area contributed by atoms with E-state index in [1.54, 1.807) is 0 Å². The van der Waals surface area contributed by atoms with E-state index < -0.39 is 23.8 Å². The van der Waals surface area contributed by atoms with Crippen LogP contribution in [0.5, 0.6) is 0 Å². The summed E-state index contributed by atoms with van der Waals surface area (Å²) in [6.45, 7) is 1.52. The number of rotatable bonds is 3. The van der Waals surface area contributed by atoms with Gasteiger partial charge in [-0.2, -0.15) is 30.7 Å². The summed E-state index contributed by atoms with van der Waals surface area (Å²) in [7, 11) is 0. The van der Waals surface area contributed by atoms with Crippen molar-refractivity contribution in [1.82, 2.24) is 0 Å². The quantitative estimate of drug-likeness (QED) is 0.570. The molecule has 0 atom stereocenters. The third-order valence-corrected chi connectivity index (χ3v) is 3.22. The van der Waals surface area contributed by atoms with Crippen LogP contribution in [-0.4, -0.2) is 18.1 Å². The lowest BCUT2D eigenvalue weighted by atomic mass is 10.1. The molecule has 20 heavy (non-hydrogen) atoms. The highest BCUT2D eigenvalue weighted by molar-refractivity contribution is 9.10. The molecule has 0 bridgehead atoms. The first-order valence-electron chi connectivity index (χ1n) is 5.32. The van der Waals surface area contributed by atoms with Gasteiger partial charge in [0.05, 0.1) is 5.69 Å². The molecule has 1 aromatic carbocycles. The summed E-state index contributed by atoms with van der Waals surface area (Å²) in [5.41, 5.74) is -0.456. The summed E-state index contributed by atoms with van der Waals surface area (Å²) in [4.78, 5) is 0. The highest BCUT2D eigenvalue weighted by Gasteiger charge is 2.73. The average molecular weight is 368 g/mol. The predicted molar refractivity (Wildman–Crippen MR) is 63.1 cm³/mol. The molecule has 0 fully saturated rings. The molecule has 0 aliphatic heterocycles. The van der Waals surface area contributed by atoms with Gasteiger partial charge in [-0.05, 0) is 34.0 Å². The number of aryl methyl sites for hydroxylation is 1. The van der Waals surface area contributed by atoms with E-state index in [0.29, 0.717) is 0 Å². The normalized spacial score (nSPS) is 13.4. The highest BCUT2D eigenvalue weighted by Crippen LogP contribution is 2.47. The predicted octanol–water partition coefficient (Wildman–Crippen LogP) is 5.21. The molecular formula is C11H9BrF7N. The van der Waals surface area contributed by atoms with Crippen molar-refractivity contribution in [1.29, 1.82) is 0 Å². The minimum atomic E-state index is -6.15. The first-order valence-corrected chi connectivity index (χ1v) is 6.11. The Bertz CT molecular complexity index is 467. The van der Waals surface area contributed by atoms with Crippen LogP contribution < -0.4 is 5.32 Å². The Hall–Kier alpha value is -0.990. The number of anilines is 1. The van der Waals surface area contributed by atoms with Gasteiger partial charge in [-0.1, -0.05) is 19.1 Å². The first kappa shape index (κ1) is 17.1. The maximum atomic E-state index is 13.6. The fourth-order valence-electron chi connectivity index (χ4n) is 1.48. The second-order valence-electron chi connectivity index (χ2n) is 3.91.